The number of anilines is 1. The predicted molar refractivity (Wildman–Crippen MR) is 74.7 cm³/mol. The molecular weight excluding hydrogens is 290 g/mol. The lowest BCUT2D eigenvalue weighted by Gasteiger charge is -2.26. The Morgan fingerprint density at radius 3 is 2.95 bits per heavy atom. The molecule has 4 heterocycles. The van der Waals surface area contributed by atoms with Gasteiger partial charge >= 0.3 is 0 Å². The van der Waals surface area contributed by atoms with Crippen molar-refractivity contribution in [3.8, 4) is 0 Å². The molecule has 5 atom stereocenters. The van der Waals surface area contributed by atoms with Crippen LogP contribution in [0.3, 0.4) is 0 Å². The number of nitrogen functional groups attached to an aromatic ring is 1. The molecular formula is C14H17N3O5. The average Bonchev–Trinajstić information content (AvgIpc) is 3.09. The quantitative estimate of drug-likeness (QED) is 0.836. The van der Waals surface area contributed by atoms with Crippen LogP contribution in [0, 0.1) is 0 Å². The molecule has 2 aromatic rings. The van der Waals surface area contributed by atoms with Crippen LogP contribution in [-0.4, -0.2) is 45.8 Å². The number of hydrogen-bond donors (Lipinski definition) is 2. The summed E-state index contributed by atoms with van der Waals surface area (Å²) in [7, 11) is 0. The van der Waals surface area contributed by atoms with Gasteiger partial charge < -0.3 is 29.5 Å². The Labute approximate surface area is 126 Å². The first-order valence-electron chi connectivity index (χ1n) is 7.11. The Kier molecular flexibility index (Phi) is 2.92. The molecule has 0 aromatic carbocycles. The molecule has 0 saturated carbocycles. The van der Waals surface area contributed by atoms with Crippen LogP contribution in [0.4, 0.5) is 5.82 Å². The van der Waals surface area contributed by atoms with E-state index in [1.807, 2.05) is 13.8 Å². The molecule has 0 bridgehead atoms. The first-order chi connectivity index (χ1) is 10.5. The highest BCUT2D eigenvalue weighted by atomic mass is 16.8. The van der Waals surface area contributed by atoms with Crippen LogP contribution in [0.5, 0.6) is 0 Å². The third kappa shape index (κ3) is 1.72. The highest BCUT2D eigenvalue weighted by Gasteiger charge is 2.61. The maximum absolute atomic E-state index is 9.56. The molecule has 8 heteroatoms. The molecule has 2 aliphatic rings. The van der Waals surface area contributed by atoms with Gasteiger partial charge in [-0.05, 0) is 13.8 Å². The molecule has 3 N–H and O–H groups in total. The predicted octanol–water partition coefficient (Wildman–Crippen LogP) is 0.757. The number of ether oxygens (including phenoxy) is 3. The third-order valence-electron chi connectivity index (χ3n) is 4.36. The first-order valence-corrected chi connectivity index (χ1v) is 7.11. The van der Waals surface area contributed by atoms with Crippen molar-refractivity contribution >= 4 is 16.9 Å². The van der Waals surface area contributed by atoms with Crippen molar-refractivity contribution in [2.75, 3.05) is 12.3 Å². The molecule has 22 heavy (non-hydrogen) atoms. The molecule has 2 aromatic heterocycles. The van der Waals surface area contributed by atoms with Crippen molar-refractivity contribution in [3.63, 3.8) is 0 Å². The minimum Gasteiger partial charge on any atom is -0.458 e. The molecule has 2 aliphatic heterocycles. The normalized spacial score (nSPS) is 37.8. The van der Waals surface area contributed by atoms with E-state index in [1.165, 1.54) is 6.33 Å². The van der Waals surface area contributed by atoms with E-state index >= 15 is 0 Å². The summed E-state index contributed by atoms with van der Waals surface area (Å²) in [6, 6.07) is 0. The molecule has 1 unspecified atom stereocenters. The molecule has 2 fully saturated rings. The highest BCUT2D eigenvalue weighted by Crippen LogP contribution is 2.51. The second-order valence-corrected chi connectivity index (χ2v) is 5.79. The van der Waals surface area contributed by atoms with Gasteiger partial charge in [-0.1, -0.05) is 0 Å². The van der Waals surface area contributed by atoms with Gasteiger partial charge in [0.15, 0.2) is 17.7 Å². The number of aromatic nitrogens is 2. The zero-order valence-electron chi connectivity index (χ0n) is 12.2. The van der Waals surface area contributed by atoms with E-state index in [4.69, 9.17) is 24.4 Å². The zero-order valence-corrected chi connectivity index (χ0v) is 12.2. The number of aliphatic hydroxyl groups is 1. The number of rotatable bonds is 2. The number of nitrogens with two attached hydrogens (primary N) is 1. The van der Waals surface area contributed by atoms with Gasteiger partial charge in [0.1, 0.15) is 35.8 Å². The summed E-state index contributed by atoms with van der Waals surface area (Å²) < 4.78 is 23.2. The fourth-order valence-electron chi connectivity index (χ4n) is 3.44. The average molecular weight is 307 g/mol. The Morgan fingerprint density at radius 2 is 2.18 bits per heavy atom. The summed E-state index contributed by atoms with van der Waals surface area (Å²) in [4.78, 5) is 8.15. The minimum atomic E-state index is -0.733. The van der Waals surface area contributed by atoms with Gasteiger partial charge in [0.25, 0.3) is 0 Å². The first kappa shape index (κ1) is 13.9. The summed E-state index contributed by atoms with van der Waals surface area (Å²) in [6.07, 6.45) is 1.26. The maximum Gasteiger partial charge on any atom is 0.194 e. The lowest BCUT2D eigenvalue weighted by Crippen LogP contribution is -2.40. The van der Waals surface area contributed by atoms with Gasteiger partial charge in [-0.2, -0.15) is 0 Å². The zero-order chi connectivity index (χ0) is 15.5. The van der Waals surface area contributed by atoms with Crippen LogP contribution in [0.2, 0.25) is 0 Å². The van der Waals surface area contributed by atoms with E-state index in [0.29, 0.717) is 16.7 Å². The van der Waals surface area contributed by atoms with Gasteiger partial charge in [0, 0.05) is 5.56 Å². The molecule has 118 valence electrons. The highest BCUT2D eigenvalue weighted by molar-refractivity contribution is 5.85. The minimum absolute atomic E-state index is 0.153. The summed E-state index contributed by atoms with van der Waals surface area (Å²) >= 11 is 0. The van der Waals surface area contributed by atoms with Crippen molar-refractivity contribution < 1.29 is 23.7 Å². The molecule has 0 amide bonds. The lowest BCUT2D eigenvalue weighted by molar-refractivity contribution is -0.146. The van der Waals surface area contributed by atoms with Gasteiger partial charge in [-0.15, -0.1) is 0 Å². The van der Waals surface area contributed by atoms with E-state index in [2.05, 4.69) is 9.97 Å². The maximum atomic E-state index is 9.56. The van der Waals surface area contributed by atoms with E-state index < -0.39 is 17.8 Å². The van der Waals surface area contributed by atoms with Gasteiger partial charge in [0.05, 0.1) is 12.9 Å². The summed E-state index contributed by atoms with van der Waals surface area (Å²) in [5.41, 5.74) is 6.78. The smallest absolute Gasteiger partial charge is 0.194 e. The standard InChI is InChI=1S/C14H17N3O5/c1-6-20-12-8(3-18)21-11(14(12,2)22-6)7-4-19-10-9(7)16-5-17-13(10)15/h4-6,8,11-12,18H,3H2,1-2H3,(H2,15,16,17)/t6?,8-,11+,12-,14+/m1/s1. The molecule has 2 saturated heterocycles. The van der Waals surface area contributed by atoms with Crippen LogP contribution in [-0.2, 0) is 14.2 Å². The summed E-state index contributed by atoms with van der Waals surface area (Å²) in [5, 5.41) is 9.56. The van der Waals surface area contributed by atoms with Gasteiger partial charge in [-0.3, -0.25) is 0 Å². The fraction of sp³-hybridized carbons (Fsp3) is 0.571. The number of nitrogens with zero attached hydrogens (tertiary/aromatic N) is 2. The van der Waals surface area contributed by atoms with Crippen molar-refractivity contribution in [1.82, 2.24) is 9.97 Å². The second kappa shape index (κ2) is 4.63. The number of hydrogen-bond acceptors (Lipinski definition) is 8. The van der Waals surface area contributed by atoms with Crippen LogP contribution in [0.25, 0.3) is 11.1 Å². The topological polar surface area (TPSA) is 113 Å². The Hall–Kier alpha value is -1.74. The van der Waals surface area contributed by atoms with E-state index in [-0.39, 0.29) is 24.8 Å². The largest absolute Gasteiger partial charge is 0.458 e. The number of aliphatic hydroxyl groups excluding tert-OH is 1. The lowest BCUT2D eigenvalue weighted by atomic mass is 9.89. The van der Waals surface area contributed by atoms with E-state index in [9.17, 15) is 5.11 Å². The van der Waals surface area contributed by atoms with E-state index in [0.717, 1.165) is 0 Å². The number of furan rings is 1. The Morgan fingerprint density at radius 1 is 1.36 bits per heavy atom. The summed E-state index contributed by atoms with van der Waals surface area (Å²) in [6.45, 7) is 3.58. The molecule has 0 radical (unpaired) electrons. The Bertz CT molecular complexity index is 720. The Balaban J connectivity index is 1.82. The van der Waals surface area contributed by atoms with E-state index in [1.54, 1.807) is 6.26 Å². The summed E-state index contributed by atoms with van der Waals surface area (Å²) in [5.74, 6) is 0.270. The van der Waals surface area contributed by atoms with Crippen molar-refractivity contribution in [2.24, 2.45) is 0 Å². The monoisotopic (exact) mass is 307 g/mol. The van der Waals surface area contributed by atoms with Crippen LogP contribution in [0.15, 0.2) is 17.0 Å². The number of fused-ring (bicyclic) bond motifs is 2. The second-order valence-electron chi connectivity index (χ2n) is 5.79. The van der Waals surface area contributed by atoms with Crippen molar-refractivity contribution in [2.45, 2.75) is 44.1 Å². The molecule has 8 nitrogen and oxygen atoms in total. The molecule has 4 rings (SSSR count). The van der Waals surface area contributed by atoms with Crippen molar-refractivity contribution in [3.05, 3.63) is 18.2 Å². The van der Waals surface area contributed by atoms with Crippen LogP contribution >= 0.6 is 0 Å². The van der Waals surface area contributed by atoms with Crippen molar-refractivity contribution in [1.29, 1.82) is 0 Å². The van der Waals surface area contributed by atoms with Gasteiger partial charge in [0.2, 0.25) is 0 Å². The SMILES string of the molecule is CC1O[C@@H]2[C@@H](CO)O[C@@H](c3coc4c(N)ncnc34)[C@]2(C)O1. The van der Waals surface area contributed by atoms with Crippen LogP contribution < -0.4 is 5.73 Å². The molecule has 0 aliphatic carbocycles. The van der Waals surface area contributed by atoms with Gasteiger partial charge in [-0.25, -0.2) is 9.97 Å². The fourth-order valence-corrected chi connectivity index (χ4v) is 3.44. The molecule has 0 spiro atoms. The van der Waals surface area contributed by atoms with Crippen LogP contribution in [0.1, 0.15) is 25.5 Å². The third-order valence-corrected chi connectivity index (χ3v) is 4.36.